The molecule has 8 heteroatoms. The van der Waals surface area contributed by atoms with Gasteiger partial charge >= 0.3 is 0 Å². The van der Waals surface area contributed by atoms with Gasteiger partial charge in [-0.25, -0.2) is 4.72 Å². The Kier molecular flexibility index (Phi) is 13.3. The zero-order valence-corrected chi connectivity index (χ0v) is 14.4. The SMILES string of the molecule is CCCNCCCN(C)S(=O)(=O)NCCCOCCOC. The third-order valence-corrected chi connectivity index (χ3v) is 4.42. The van der Waals surface area contributed by atoms with Crippen LogP contribution < -0.4 is 10.0 Å². The van der Waals surface area contributed by atoms with Crippen molar-refractivity contribution >= 4 is 10.2 Å². The van der Waals surface area contributed by atoms with E-state index in [-0.39, 0.29) is 0 Å². The molecule has 0 aromatic heterocycles. The van der Waals surface area contributed by atoms with Gasteiger partial charge in [0.2, 0.25) is 0 Å². The topological polar surface area (TPSA) is 79.9 Å². The summed E-state index contributed by atoms with van der Waals surface area (Å²) >= 11 is 0. The highest BCUT2D eigenvalue weighted by molar-refractivity contribution is 7.87. The Balaban J connectivity index is 3.65. The molecule has 7 nitrogen and oxygen atoms in total. The van der Waals surface area contributed by atoms with Crippen LogP contribution >= 0.6 is 0 Å². The normalized spacial score (nSPS) is 12.2. The highest BCUT2D eigenvalue weighted by atomic mass is 32.2. The molecule has 0 atom stereocenters. The van der Waals surface area contributed by atoms with Gasteiger partial charge < -0.3 is 14.8 Å². The molecule has 0 aromatic rings. The minimum Gasteiger partial charge on any atom is -0.382 e. The Morgan fingerprint density at radius 1 is 1.05 bits per heavy atom. The van der Waals surface area contributed by atoms with Crippen molar-refractivity contribution in [2.75, 3.05) is 60.2 Å². The van der Waals surface area contributed by atoms with Crippen LogP contribution in [0.25, 0.3) is 0 Å². The van der Waals surface area contributed by atoms with Crippen molar-refractivity contribution in [1.29, 1.82) is 0 Å². The summed E-state index contributed by atoms with van der Waals surface area (Å²) in [6, 6.07) is 0. The number of ether oxygens (including phenoxy) is 2. The van der Waals surface area contributed by atoms with Gasteiger partial charge in [-0.05, 0) is 32.4 Å². The molecule has 0 aliphatic rings. The average molecular weight is 325 g/mol. The lowest BCUT2D eigenvalue weighted by atomic mass is 10.4. The van der Waals surface area contributed by atoms with E-state index in [2.05, 4.69) is 17.0 Å². The summed E-state index contributed by atoms with van der Waals surface area (Å²) < 4.78 is 37.9. The smallest absolute Gasteiger partial charge is 0.279 e. The molecule has 21 heavy (non-hydrogen) atoms. The third kappa shape index (κ3) is 12.0. The van der Waals surface area contributed by atoms with Gasteiger partial charge in [0, 0.05) is 33.9 Å². The van der Waals surface area contributed by atoms with E-state index in [4.69, 9.17) is 9.47 Å². The monoisotopic (exact) mass is 325 g/mol. The molecule has 0 saturated carbocycles. The predicted molar refractivity (Wildman–Crippen MR) is 84.6 cm³/mol. The molecule has 0 spiro atoms. The van der Waals surface area contributed by atoms with Crippen molar-refractivity contribution in [2.24, 2.45) is 0 Å². The predicted octanol–water partition coefficient (Wildman–Crippen LogP) is 0.195. The second-order valence-corrected chi connectivity index (χ2v) is 6.65. The molecule has 0 bridgehead atoms. The Bertz CT molecular complexity index is 325. The van der Waals surface area contributed by atoms with Crippen molar-refractivity contribution in [1.82, 2.24) is 14.3 Å². The van der Waals surface area contributed by atoms with Crippen molar-refractivity contribution in [3.8, 4) is 0 Å². The largest absolute Gasteiger partial charge is 0.382 e. The maximum absolute atomic E-state index is 11.9. The molecule has 0 aliphatic carbocycles. The summed E-state index contributed by atoms with van der Waals surface area (Å²) in [5, 5.41) is 3.25. The lowest BCUT2D eigenvalue weighted by Crippen LogP contribution is -2.40. The maximum atomic E-state index is 11.9. The fourth-order valence-corrected chi connectivity index (χ4v) is 2.57. The third-order valence-electron chi connectivity index (χ3n) is 2.85. The number of nitrogens with one attached hydrogen (secondary N) is 2. The first-order valence-electron chi connectivity index (χ1n) is 7.53. The second-order valence-electron chi connectivity index (χ2n) is 4.78. The van der Waals surface area contributed by atoms with E-state index < -0.39 is 10.2 Å². The summed E-state index contributed by atoms with van der Waals surface area (Å²) in [7, 11) is -0.164. The van der Waals surface area contributed by atoms with Gasteiger partial charge in [-0.15, -0.1) is 0 Å². The first-order valence-corrected chi connectivity index (χ1v) is 8.97. The number of hydrogen-bond donors (Lipinski definition) is 2. The minimum atomic E-state index is -3.38. The highest BCUT2D eigenvalue weighted by Gasteiger charge is 2.15. The molecule has 0 amide bonds. The molecule has 128 valence electrons. The minimum absolute atomic E-state index is 0.383. The summed E-state index contributed by atoms with van der Waals surface area (Å²) in [6.45, 7) is 6.42. The van der Waals surface area contributed by atoms with Crippen molar-refractivity contribution < 1.29 is 17.9 Å². The molecule has 0 aromatic carbocycles. The zero-order chi connectivity index (χ0) is 16.0. The van der Waals surface area contributed by atoms with Gasteiger partial charge in [0.25, 0.3) is 10.2 Å². The Morgan fingerprint density at radius 3 is 2.48 bits per heavy atom. The molecule has 0 heterocycles. The molecule has 2 N–H and O–H groups in total. The zero-order valence-electron chi connectivity index (χ0n) is 13.6. The van der Waals surface area contributed by atoms with Gasteiger partial charge in [-0.3, -0.25) is 0 Å². The van der Waals surface area contributed by atoms with Gasteiger partial charge in [0.05, 0.1) is 13.2 Å². The van der Waals surface area contributed by atoms with E-state index in [0.29, 0.717) is 39.3 Å². The van der Waals surface area contributed by atoms with E-state index >= 15 is 0 Å². The molecule has 0 rings (SSSR count). The van der Waals surface area contributed by atoms with Crippen LogP contribution in [0.2, 0.25) is 0 Å². The van der Waals surface area contributed by atoms with Crippen molar-refractivity contribution in [3.63, 3.8) is 0 Å². The van der Waals surface area contributed by atoms with E-state index in [9.17, 15) is 8.42 Å². The van der Waals surface area contributed by atoms with E-state index in [1.54, 1.807) is 14.2 Å². The summed E-state index contributed by atoms with van der Waals surface area (Å²) in [6.07, 6.45) is 2.54. The van der Waals surface area contributed by atoms with Gasteiger partial charge in [0.15, 0.2) is 0 Å². The van der Waals surface area contributed by atoms with Gasteiger partial charge in [-0.2, -0.15) is 12.7 Å². The Hall–Kier alpha value is -0.250. The number of rotatable bonds is 15. The van der Waals surface area contributed by atoms with E-state index in [0.717, 1.165) is 25.9 Å². The molecule has 0 unspecified atom stereocenters. The molecule has 0 saturated heterocycles. The lowest BCUT2D eigenvalue weighted by Gasteiger charge is -2.17. The van der Waals surface area contributed by atoms with Crippen LogP contribution in [0, 0.1) is 0 Å². The summed E-state index contributed by atoms with van der Waals surface area (Å²) in [5.41, 5.74) is 0. The lowest BCUT2D eigenvalue weighted by molar-refractivity contribution is 0.0699. The fourth-order valence-electron chi connectivity index (χ4n) is 1.58. The van der Waals surface area contributed by atoms with Crippen LogP contribution in [0.5, 0.6) is 0 Å². The summed E-state index contributed by atoms with van der Waals surface area (Å²) in [5.74, 6) is 0. The molecule has 0 fully saturated rings. The molecule has 0 radical (unpaired) electrons. The van der Waals surface area contributed by atoms with Crippen LogP contribution in [0.1, 0.15) is 26.2 Å². The van der Waals surface area contributed by atoms with Crippen LogP contribution in [0.4, 0.5) is 0 Å². The quantitative estimate of drug-likeness (QED) is 0.420. The highest BCUT2D eigenvalue weighted by Crippen LogP contribution is 1.96. The fraction of sp³-hybridized carbons (Fsp3) is 1.00. The van der Waals surface area contributed by atoms with Gasteiger partial charge in [-0.1, -0.05) is 6.92 Å². The second kappa shape index (κ2) is 13.4. The van der Waals surface area contributed by atoms with E-state index in [1.165, 1.54) is 4.31 Å². The number of hydrogen-bond acceptors (Lipinski definition) is 5. The number of nitrogens with zero attached hydrogens (tertiary/aromatic N) is 1. The van der Waals surface area contributed by atoms with Crippen LogP contribution in [-0.4, -0.2) is 72.9 Å². The van der Waals surface area contributed by atoms with E-state index in [1.807, 2.05) is 0 Å². The number of methoxy groups -OCH3 is 1. The van der Waals surface area contributed by atoms with Crippen LogP contribution in [0.15, 0.2) is 0 Å². The van der Waals surface area contributed by atoms with Crippen LogP contribution in [0.3, 0.4) is 0 Å². The first kappa shape index (κ1) is 20.8. The maximum Gasteiger partial charge on any atom is 0.279 e. The van der Waals surface area contributed by atoms with Crippen LogP contribution in [-0.2, 0) is 19.7 Å². The first-order chi connectivity index (χ1) is 10.0. The summed E-state index contributed by atoms with van der Waals surface area (Å²) in [4.78, 5) is 0. The average Bonchev–Trinajstić information content (AvgIpc) is 2.45. The molecule has 0 aliphatic heterocycles. The van der Waals surface area contributed by atoms with Gasteiger partial charge in [0.1, 0.15) is 0 Å². The van der Waals surface area contributed by atoms with Crippen molar-refractivity contribution in [3.05, 3.63) is 0 Å². The molecular weight excluding hydrogens is 294 g/mol. The Morgan fingerprint density at radius 2 is 1.81 bits per heavy atom. The standard InChI is InChI=1S/C13H31N3O4S/c1-4-7-14-8-5-10-16(2)21(17,18)15-9-6-11-20-13-12-19-3/h14-15H,4-13H2,1-3H3. The van der Waals surface area contributed by atoms with Crippen molar-refractivity contribution in [2.45, 2.75) is 26.2 Å². The molecular formula is C13H31N3O4S. The Labute approximate surface area is 129 Å².